The van der Waals surface area contributed by atoms with Crippen molar-refractivity contribution < 1.29 is 0 Å². The molecule has 5 unspecified atom stereocenters. The van der Waals surface area contributed by atoms with Gasteiger partial charge < -0.3 is 0 Å². The molecule has 5 saturated carbocycles. The summed E-state index contributed by atoms with van der Waals surface area (Å²) in [6.45, 7) is 49.4. The van der Waals surface area contributed by atoms with Crippen molar-refractivity contribution in [2.75, 3.05) is 0 Å². The smallest absolute Gasteiger partial charge is 0.0665 e. The lowest BCUT2D eigenvalue weighted by atomic mass is 9.08. The zero-order chi connectivity index (χ0) is 26.5. The highest BCUT2D eigenvalue weighted by molar-refractivity contribution is 6.17. The van der Waals surface area contributed by atoms with E-state index < -0.39 is 0 Å². The number of hydrogen-bond acceptors (Lipinski definition) is 0. The second kappa shape index (κ2) is 5.08. The molecule has 0 aromatic carbocycles. The van der Waals surface area contributed by atoms with E-state index in [-0.39, 0.29) is 70.3 Å². The third-order valence-corrected chi connectivity index (χ3v) is 19.2. The molecular formula is C32H57B. The summed E-state index contributed by atoms with van der Waals surface area (Å²) in [4.78, 5) is 0. The quantitative estimate of drug-likeness (QED) is 0.347. The lowest BCUT2D eigenvalue weighted by Gasteiger charge is -2.94. The van der Waals surface area contributed by atoms with Crippen molar-refractivity contribution in [3.05, 3.63) is 0 Å². The fraction of sp³-hybridized carbons (Fsp3) is 1.00. The Morgan fingerprint density at radius 2 is 0.485 bits per heavy atom. The van der Waals surface area contributed by atoms with Gasteiger partial charge in [0.2, 0.25) is 0 Å². The third kappa shape index (κ3) is 1.40. The van der Waals surface area contributed by atoms with Crippen LogP contribution in [0.4, 0.5) is 0 Å². The normalized spacial score (nSPS) is 57.1. The molecule has 4 bridgehead atoms. The molecule has 0 aromatic rings. The number of hydrogen-bond donors (Lipinski definition) is 0. The second-order valence-electron chi connectivity index (χ2n) is 17.7. The minimum absolute atomic E-state index is 0.0316. The van der Waals surface area contributed by atoms with Crippen molar-refractivity contribution in [3.8, 4) is 0 Å². The van der Waals surface area contributed by atoms with E-state index in [0.29, 0.717) is 0 Å². The Kier molecular flexibility index (Phi) is 4.02. The van der Waals surface area contributed by atoms with Crippen LogP contribution in [0.2, 0.25) is 5.31 Å². The molecule has 0 nitrogen and oxygen atoms in total. The zero-order valence-corrected chi connectivity index (χ0v) is 26.1. The first-order valence-corrected chi connectivity index (χ1v) is 13.8. The molecular weight excluding hydrogens is 395 g/mol. The van der Waals surface area contributed by atoms with Gasteiger partial charge in [0.05, 0.1) is 7.85 Å². The van der Waals surface area contributed by atoms with Gasteiger partial charge in [-0.25, -0.2) is 0 Å². The lowest BCUT2D eigenvalue weighted by molar-refractivity contribution is -0.439. The van der Waals surface area contributed by atoms with Crippen molar-refractivity contribution in [1.29, 1.82) is 0 Å². The van der Waals surface area contributed by atoms with Gasteiger partial charge in [0, 0.05) is 0 Å². The summed E-state index contributed by atoms with van der Waals surface area (Å²) in [6.07, 6.45) is 0. The van der Waals surface area contributed by atoms with Crippen LogP contribution in [0.25, 0.3) is 0 Å². The van der Waals surface area contributed by atoms with Gasteiger partial charge in [0.15, 0.2) is 0 Å². The van der Waals surface area contributed by atoms with Crippen LogP contribution in [0.3, 0.4) is 0 Å². The summed E-state index contributed by atoms with van der Waals surface area (Å²) >= 11 is 0. The molecule has 0 aliphatic heterocycles. The lowest BCUT2D eigenvalue weighted by Crippen LogP contribution is -2.88. The monoisotopic (exact) mass is 452 g/mol. The van der Waals surface area contributed by atoms with E-state index >= 15 is 0 Å². The largest absolute Gasteiger partial charge is 0.0758 e. The summed E-state index contributed by atoms with van der Waals surface area (Å²) in [5.41, 5.74) is 1.15. The maximum Gasteiger partial charge on any atom is 0.0758 e. The molecule has 1 heteroatoms. The predicted octanol–water partition coefficient (Wildman–Crippen LogP) is 9.58. The Balaban J connectivity index is 2.29. The van der Waals surface area contributed by atoms with Crippen LogP contribution in [0.15, 0.2) is 0 Å². The Morgan fingerprint density at radius 3 is 0.848 bits per heavy atom. The van der Waals surface area contributed by atoms with Crippen LogP contribution in [-0.2, 0) is 0 Å². The van der Waals surface area contributed by atoms with Gasteiger partial charge in [0.25, 0.3) is 0 Å². The van der Waals surface area contributed by atoms with Crippen LogP contribution in [0.1, 0.15) is 132 Å². The van der Waals surface area contributed by atoms with Crippen LogP contribution >= 0.6 is 0 Å². The molecule has 2 radical (unpaired) electrons. The van der Waals surface area contributed by atoms with Crippen molar-refractivity contribution in [1.82, 2.24) is 0 Å². The first kappa shape index (κ1) is 26.1. The molecule has 0 amide bonds. The zero-order valence-electron chi connectivity index (χ0n) is 26.1. The van der Waals surface area contributed by atoms with Gasteiger partial charge in [-0.15, -0.1) is 0 Å². The van der Waals surface area contributed by atoms with E-state index in [1.54, 1.807) is 0 Å². The van der Waals surface area contributed by atoms with Crippen molar-refractivity contribution in [3.63, 3.8) is 0 Å². The van der Waals surface area contributed by atoms with Gasteiger partial charge in [-0.1, -0.05) is 137 Å². The van der Waals surface area contributed by atoms with Gasteiger partial charge >= 0.3 is 0 Å². The summed E-state index contributed by atoms with van der Waals surface area (Å²) in [6, 6.07) is 0. The summed E-state index contributed by atoms with van der Waals surface area (Å²) < 4.78 is 0. The number of rotatable bonds is 1. The first-order chi connectivity index (χ1) is 14.0. The molecule has 0 saturated heterocycles. The van der Waals surface area contributed by atoms with E-state index in [0.717, 1.165) is 0 Å². The van der Waals surface area contributed by atoms with Crippen LogP contribution < -0.4 is 0 Å². The molecule has 5 rings (SSSR count). The summed E-state index contributed by atoms with van der Waals surface area (Å²) in [7, 11) is 8.07. The average molecular weight is 453 g/mol. The molecule has 188 valence electrons. The Bertz CT molecular complexity index is 929. The minimum Gasteiger partial charge on any atom is -0.0665 e. The second-order valence-corrected chi connectivity index (χ2v) is 17.7. The topological polar surface area (TPSA) is 0 Å². The Hall–Kier alpha value is 0.0649. The molecule has 5 aliphatic rings. The Morgan fingerprint density at radius 1 is 0.242 bits per heavy atom. The van der Waals surface area contributed by atoms with Crippen molar-refractivity contribution >= 4 is 7.85 Å². The molecule has 5 aliphatic carbocycles. The minimum atomic E-state index is -0.338. The summed E-state index contributed by atoms with van der Waals surface area (Å²) in [5.74, 6) is 0. The number of fused-ring (bicyclic) bond motifs is 1. The average Bonchev–Trinajstić information content (AvgIpc) is 2.77. The molecule has 0 heterocycles. The predicted molar refractivity (Wildman–Crippen MR) is 145 cm³/mol. The highest BCUT2D eigenvalue weighted by Gasteiger charge is 3.02. The molecule has 0 N–H and O–H groups in total. The van der Waals surface area contributed by atoms with E-state index in [2.05, 4.69) is 132 Å². The third-order valence-electron chi connectivity index (χ3n) is 19.2. The van der Waals surface area contributed by atoms with E-state index in [1.165, 1.54) is 0 Å². The van der Waals surface area contributed by atoms with Gasteiger partial charge in [-0.05, 0) is 65.0 Å². The fourth-order valence-corrected chi connectivity index (χ4v) is 15.1. The Labute approximate surface area is 209 Å². The van der Waals surface area contributed by atoms with Crippen molar-refractivity contribution in [2.45, 2.75) is 137 Å². The molecule has 0 aromatic heterocycles. The van der Waals surface area contributed by atoms with Crippen LogP contribution in [-0.4, -0.2) is 7.85 Å². The van der Waals surface area contributed by atoms with Crippen molar-refractivity contribution in [2.24, 2.45) is 65.0 Å². The summed E-state index contributed by atoms with van der Waals surface area (Å²) in [5, 5.41) is -0.338. The fourth-order valence-electron chi connectivity index (χ4n) is 15.1. The van der Waals surface area contributed by atoms with Crippen LogP contribution in [0, 0.1) is 65.0 Å². The van der Waals surface area contributed by atoms with Gasteiger partial charge in [-0.2, -0.15) is 0 Å². The maximum absolute atomic E-state index is 8.07. The van der Waals surface area contributed by atoms with Crippen LogP contribution in [0.5, 0.6) is 0 Å². The standard InChI is InChI=1S/C32H57B/c1-20(2)21(3,4)26(13,22(20,5)6)31(18)29(16)24(9,10)28(15)23(7,8)27(29,14)25(11,12)30(28,17)32(31,19)33/h1-19H3/t27?,28?,29?,30?,31?,32-/m1/s1. The molecule has 6 atom stereocenters. The van der Waals surface area contributed by atoms with E-state index in [4.69, 9.17) is 7.85 Å². The molecule has 0 spiro atoms. The van der Waals surface area contributed by atoms with Gasteiger partial charge in [-0.3, -0.25) is 0 Å². The highest BCUT2D eigenvalue weighted by atomic mass is 15.1. The maximum atomic E-state index is 8.07. The first-order valence-electron chi connectivity index (χ1n) is 13.8. The highest BCUT2D eigenvalue weighted by Crippen LogP contribution is 3.08. The van der Waals surface area contributed by atoms with E-state index in [9.17, 15) is 0 Å². The van der Waals surface area contributed by atoms with E-state index in [1.807, 2.05) is 0 Å². The van der Waals surface area contributed by atoms with Gasteiger partial charge in [0.1, 0.15) is 0 Å². The SMILES string of the molecule is [B][C@]1(C)C2(C)C(C)(C)C3(C)C(C)(C)C2(C)C(C)(C)C3(C)C1(C)C1(C)C(C)(C)C(C)(C)C1(C)C. The molecule has 5 fully saturated rings. The molecule has 33 heavy (non-hydrogen) atoms.